The van der Waals surface area contributed by atoms with Crippen molar-refractivity contribution in [3.05, 3.63) is 29.6 Å². The van der Waals surface area contributed by atoms with Crippen LogP contribution in [0.5, 0.6) is 0 Å². The number of hydrogen-bond acceptors (Lipinski definition) is 3. The van der Waals surface area contributed by atoms with Crippen LogP contribution in [0, 0.1) is 6.92 Å². The molecule has 0 radical (unpaired) electrons. The highest BCUT2D eigenvalue weighted by Crippen LogP contribution is 2.28. The maximum Gasteiger partial charge on any atom is 0.191 e. The molecule has 2 rings (SSSR count). The fraction of sp³-hybridized carbons (Fsp3) is 0.684. The van der Waals surface area contributed by atoms with E-state index in [9.17, 15) is 0 Å². The second kappa shape index (κ2) is 12.8. The predicted molar refractivity (Wildman–Crippen MR) is 121 cm³/mol. The number of thioether (sulfide) groups is 1. The molecule has 2 N–H and O–H groups in total. The van der Waals surface area contributed by atoms with Crippen LogP contribution in [-0.4, -0.2) is 41.1 Å². The smallest absolute Gasteiger partial charge is 0.191 e. The standard InChI is InChI=1S/C19H32N4S.HI/c1-4-21-19(22-12-10-16-9-11-20-14-15(16)3)23-17-7-6-8-18(13-17)24-5-2;/h9,11,14,17-18H,4-8,10,12-13H2,1-3H3,(H2,21,22,23);1H. The van der Waals surface area contributed by atoms with Crippen LogP contribution in [-0.2, 0) is 6.42 Å². The molecular weight excluding hydrogens is 443 g/mol. The van der Waals surface area contributed by atoms with Crippen LogP contribution < -0.4 is 10.6 Å². The van der Waals surface area contributed by atoms with Crippen LogP contribution in [0.4, 0.5) is 0 Å². The van der Waals surface area contributed by atoms with E-state index in [2.05, 4.69) is 54.2 Å². The number of halogens is 1. The number of aryl methyl sites for hydroxylation is 1. The van der Waals surface area contributed by atoms with Gasteiger partial charge in [0.15, 0.2) is 5.96 Å². The fourth-order valence-corrected chi connectivity index (χ4v) is 4.42. The topological polar surface area (TPSA) is 49.3 Å². The zero-order valence-corrected chi connectivity index (χ0v) is 18.9. The molecule has 142 valence electrons. The second-order valence-corrected chi connectivity index (χ2v) is 7.98. The number of hydrogen-bond donors (Lipinski definition) is 2. The third kappa shape index (κ3) is 8.15. The minimum Gasteiger partial charge on any atom is -0.357 e. The first-order chi connectivity index (χ1) is 11.7. The quantitative estimate of drug-likeness (QED) is 0.353. The summed E-state index contributed by atoms with van der Waals surface area (Å²) in [5.41, 5.74) is 2.58. The number of nitrogens with one attached hydrogen (secondary N) is 2. The molecule has 0 saturated heterocycles. The second-order valence-electron chi connectivity index (χ2n) is 6.40. The highest BCUT2D eigenvalue weighted by molar-refractivity contribution is 14.0. The third-order valence-corrected chi connectivity index (χ3v) is 5.73. The van der Waals surface area contributed by atoms with Gasteiger partial charge < -0.3 is 10.6 Å². The van der Waals surface area contributed by atoms with Gasteiger partial charge in [-0.15, -0.1) is 24.0 Å². The molecule has 0 bridgehead atoms. The zero-order chi connectivity index (χ0) is 17.2. The maximum atomic E-state index is 4.78. The van der Waals surface area contributed by atoms with Gasteiger partial charge in [0.05, 0.1) is 0 Å². The molecule has 4 nitrogen and oxygen atoms in total. The van der Waals surface area contributed by atoms with Crippen molar-refractivity contribution in [2.45, 2.75) is 64.2 Å². The van der Waals surface area contributed by atoms with E-state index in [1.54, 1.807) is 0 Å². The van der Waals surface area contributed by atoms with E-state index in [0.29, 0.717) is 6.04 Å². The molecule has 6 heteroatoms. The third-order valence-electron chi connectivity index (χ3n) is 4.50. The van der Waals surface area contributed by atoms with Gasteiger partial charge in [-0.05, 0) is 62.5 Å². The van der Waals surface area contributed by atoms with E-state index in [1.807, 2.05) is 12.4 Å². The van der Waals surface area contributed by atoms with Crippen LogP contribution >= 0.6 is 35.7 Å². The van der Waals surface area contributed by atoms with Gasteiger partial charge in [-0.25, -0.2) is 0 Å². The van der Waals surface area contributed by atoms with Crippen molar-refractivity contribution in [2.75, 3.05) is 18.8 Å². The first kappa shape index (κ1) is 22.5. The Kier molecular flexibility index (Phi) is 11.5. The first-order valence-electron chi connectivity index (χ1n) is 9.28. The zero-order valence-electron chi connectivity index (χ0n) is 15.8. The molecule has 1 saturated carbocycles. The number of aliphatic imine (C=N–C) groups is 1. The van der Waals surface area contributed by atoms with Gasteiger partial charge in [-0.3, -0.25) is 9.98 Å². The highest BCUT2D eigenvalue weighted by atomic mass is 127. The first-order valence-corrected chi connectivity index (χ1v) is 10.3. The van der Waals surface area contributed by atoms with Crippen LogP contribution in [0.3, 0.4) is 0 Å². The lowest BCUT2D eigenvalue weighted by atomic mass is 9.95. The Balaban J connectivity index is 0.00000312. The highest BCUT2D eigenvalue weighted by Gasteiger charge is 2.22. The lowest BCUT2D eigenvalue weighted by molar-refractivity contribution is 0.419. The average Bonchev–Trinajstić information content (AvgIpc) is 2.57. The van der Waals surface area contributed by atoms with Crippen LogP contribution in [0.2, 0.25) is 0 Å². The van der Waals surface area contributed by atoms with E-state index in [-0.39, 0.29) is 24.0 Å². The van der Waals surface area contributed by atoms with Gasteiger partial charge in [-0.2, -0.15) is 11.8 Å². The molecule has 2 atom stereocenters. The van der Waals surface area contributed by atoms with E-state index >= 15 is 0 Å². The lowest BCUT2D eigenvalue weighted by Gasteiger charge is -2.30. The molecule has 0 aromatic carbocycles. The van der Waals surface area contributed by atoms with E-state index in [0.717, 1.165) is 30.7 Å². The molecule has 1 heterocycles. The average molecular weight is 476 g/mol. The SMILES string of the molecule is CCNC(=NCCc1ccncc1C)NC1CCCC(SCC)C1.I. The Morgan fingerprint density at radius 3 is 2.92 bits per heavy atom. The summed E-state index contributed by atoms with van der Waals surface area (Å²) in [6, 6.07) is 2.65. The normalized spacial score (nSPS) is 20.7. The number of nitrogens with zero attached hydrogens (tertiary/aromatic N) is 2. The number of pyridine rings is 1. The van der Waals surface area contributed by atoms with E-state index in [4.69, 9.17) is 4.99 Å². The number of aromatic nitrogens is 1. The molecule has 25 heavy (non-hydrogen) atoms. The lowest BCUT2D eigenvalue weighted by Crippen LogP contribution is -2.45. The Labute approximate surface area is 174 Å². The number of rotatable bonds is 7. The summed E-state index contributed by atoms with van der Waals surface area (Å²) in [6.07, 6.45) is 9.96. The Morgan fingerprint density at radius 2 is 2.20 bits per heavy atom. The minimum absolute atomic E-state index is 0. The minimum atomic E-state index is 0. The van der Waals surface area contributed by atoms with Crippen LogP contribution in [0.15, 0.2) is 23.5 Å². The monoisotopic (exact) mass is 476 g/mol. The van der Waals surface area contributed by atoms with Gasteiger partial charge >= 0.3 is 0 Å². The molecule has 1 fully saturated rings. The Morgan fingerprint density at radius 1 is 1.36 bits per heavy atom. The molecule has 1 aromatic rings. The van der Waals surface area contributed by atoms with Crippen molar-refractivity contribution in [1.82, 2.24) is 15.6 Å². The summed E-state index contributed by atoms with van der Waals surface area (Å²) < 4.78 is 0. The van der Waals surface area contributed by atoms with E-state index < -0.39 is 0 Å². The van der Waals surface area contributed by atoms with Crippen LogP contribution in [0.25, 0.3) is 0 Å². The summed E-state index contributed by atoms with van der Waals surface area (Å²) in [5, 5.41) is 7.87. The largest absolute Gasteiger partial charge is 0.357 e. The van der Waals surface area contributed by atoms with Crippen molar-refractivity contribution < 1.29 is 0 Å². The summed E-state index contributed by atoms with van der Waals surface area (Å²) in [6.45, 7) is 8.21. The Hall–Kier alpha value is -0.500. The molecule has 0 spiro atoms. The van der Waals surface area contributed by atoms with Gasteiger partial charge in [-0.1, -0.05) is 13.3 Å². The van der Waals surface area contributed by atoms with Gasteiger partial charge in [0.2, 0.25) is 0 Å². The van der Waals surface area contributed by atoms with Crippen molar-refractivity contribution in [2.24, 2.45) is 4.99 Å². The Bertz CT molecular complexity index is 522. The molecule has 0 aliphatic heterocycles. The van der Waals surface area contributed by atoms with Crippen molar-refractivity contribution >= 4 is 41.7 Å². The molecule has 1 aliphatic rings. The predicted octanol–water partition coefficient (Wildman–Crippen LogP) is 4.17. The summed E-state index contributed by atoms with van der Waals surface area (Å²) in [5.74, 6) is 2.19. The van der Waals surface area contributed by atoms with Crippen LogP contribution in [0.1, 0.15) is 50.7 Å². The molecule has 2 unspecified atom stereocenters. The molecule has 1 aliphatic carbocycles. The molecule has 1 aromatic heterocycles. The summed E-state index contributed by atoms with van der Waals surface area (Å²) >= 11 is 2.11. The van der Waals surface area contributed by atoms with Crippen molar-refractivity contribution in [3.63, 3.8) is 0 Å². The van der Waals surface area contributed by atoms with Crippen molar-refractivity contribution in [3.8, 4) is 0 Å². The number of guanidine groups is 1. The maximum absolute atomic E-state index is 4.78. The molecular formula is C19H33IN4S. The fourth-order valence-electron chi connectivity index (χ4n) is 3.25. The van der Waals surface area contributed by atoms with Crippen molar-refractivity contribution in [1.29, 1.82) is 0 Å². The molecule has 0 amide bonds. The van der Waals surface area contributed by atoms with E-state index in [1.165, 1.54) is 42.6 Å². The van der Waals surface area contributed by atoms with Gasteiger partial charge in [0.25, 0.3) is 0 Å². The van der Waals surface area contributed by atoms with Gasteiger partial charge in [0, 0.05) is 36.8 Å². The van der Waals surface area contributed by atoms with Gasteiger partial charge in [0.1, 0.15) is 0 Å². The summed E-state index contributed by atoms with van der Waals surface area (Å²) in [7, 11) is 0. The summed E-state index contributed by atoms with van der Waals surface area (Å²) in [4.78, 5) is 8.94.